The van der Waals surface area contributed by atoms with E-state index in [4.69, 9.17) is 11.6 Å². The van der Waals surface area contributed by atoms with E-state index in [9.17, 15) is 4.39 Å². The zero-order valence-corrected chi connectivity index (χ0v) is 15.4. The van der Waals surface area contributed by atoms with Crippen LogP contribution in [0.3, 0.4) is 0 Å². The van der Waals surface area contributed by atoms with Crippen molar-refractivity contribution in [3.63, 3.8) is 0 Å². The number of aromatic amines is 1. The fourth-order valence-electron chi connectivity index (χ4n) is 3.00. The fourth-order valence-corrected chi connectivity index (χ4v) is 4.24. The molecule has 0 atom stereocenters. The summed E-state index contributed by atoms with van der Waals surface area (Å²) in [5.41, 5.74) is 3.71. The summed E-state index contributed by atoms with van der Waals surface area (Å²) in [5, 5.41) is 4.60. The molecule has 0 saturated carbocycles. The summed E-state index contributed by atoms with van der Waals surface area (Å²) < 4.78 is 14.4. The van der Waals surface area contributed by atoms with Gasteiger partial charge in [-0.2, -0.15) is 0 Å². The number of nitrogens with one attached hydrogen (secondary N) is 2. The first-order valence-corrected chi connectivity index (χ1v) is 9.41. The minimum Gasteiger partial charge on any atom is -0.361 e. The Labute approximate surface area is 162 Å². The highest BCUT2D eigenvalue weighted by molar-refractivity contribution is 7.22. The minimum absolute atomic E-state index is 0.106. The topological polar surface area (TPSA) is 53.6 Å². The van der Waals surface area contributed by atoms with Crippen LogP contribution in [-0.4, -0.2) is 15.0 Å². The number of halogens is 2. The van der Waals surface area contributed by atoms with Gasteiger partial charge in [-0.1, -0.05) is 17.7 Å². The standard InChI is InChI=1S/C20H12ClFN4S/c21-14-8-12(1-3-15(14)22)18-9-17-19(27-18)20(25-10-24-17)26-13-2-4-16-11(7-13)5-6-23-16/h1-10,23H,(H,24,25,26). The number of hydrogen-bond donors (Lipinski definition) is 2. The first-order valence-electron chi connectivity index (χ1n) is 8.21. The molecule has 132 valence electrons. The van der Waals surface area contributed by atoms with E-state index in [2.05, 4.69) is 26.3 Å². The van der Waals surface area contributed by atoms with Gasteiger partial charge < -0.3 is 10.3 Å². The smallest absolute Gasteiger partial charge is 0.151 e. The van der Waals surface area contributed by atoms with E-state index in [1.807, 2.05) is 30.5 Å². The molecule has 2 aromatic carbocycles. The Kier molecular flexibility index (Phi) is 3.81. The summed E-state index contributed by atoms with van der Waals surface area (Å²) >= 11 is 7.47. The average Bonchev–Trinajstić information content (AvgIpc) is 3.30. The molecule has 3 aromatic heterocycles. The number of rotatable bonds is 3. The van der Waals surface area contributed by atoms with Crippen molar-refractivity contribution in [1.29, 1.82) is 0 Å². The van der Waals surface area contributed by atoms with Gasteiger partial charge in [-0.25, -0.2) is 14.4 Å². The molecule has 2 N–H and O–H groups in total. The third-order valence-electron chi connectivity index (χ3n) is 4.33. The molecule has 5 rings (SSSR count). The van der Waals surface area contributed by atoms with Crippen LogP contribution in [0.2, 0.25) is 5.02 Å². The lowest BCUT2D eigenvalue weighted by atomic mass is 10.2. The van der Waals surface area contributed by atoms with Gasteiger partial charge in [0.15, 0.2) is 5.82 Å². The fraction of sp³-hybridized carbons (Fsp3) is 0. The minimum atomic E-state index is -0.427. The molecule has 0 fully saturated rings. The van der Waals surface area contributed by atoms with Crippen LogP contribution in [0, 0.1) is 5.82 Å². The lowest BCUT2D eigenvalue weighted by Crippen LogP contribution is -1.94. The Morgan fingerprint density at radius 3 is 2.85 bits per heavy atom. The molecule has 4 nitrogen and oxygen atoms in total. The lowest BCUT2D eigenvalue weighted by molar-refractivity contribution is 0.628. The Morgan fingerprint density at radius 1 is 1.04 bits per heavy atom. The molecule has 27 heavy (non-hydrogen) atoms. The van der Waals surface area contributed by atoms with Crippen molar-refractivity contribution in [1.82, 2.24) is 15.0 Å². The number of aromatic nitrogens is 3. The van der Waals surface area contributed by atoms with Crippen LogP contribution in [0.5, 0.6) is 0 Å². The Balaban J connectivity index is 1.56. The van der Waals surface area contributed by atoms with Crippen LogP contribution >= 0.6 is 22.9 Å². The molecular weight excluding hydrogens is 383 g/mol. The summed E-state index contributed by atoms with van der Waals surface area (Å²) in [4.78, 5) is 12.9. The number of H-pyrrole nitrogens is 1. The van der Waals surface area contributed by atoms with E-state index in [-0.39, 0.29) is 5.02 Å². The second-order valence-corrected chi connectivity index (χ2v) is 7.54. The first-order chi connectivity index (χ1) is 13.2. The molecule has 7 heteroatoms. The van der Waals surface area contributed by atoms with Gasteiger partial charge in [-0.15, -0.1) is 11.3 Å². The number of nitrogens with zero attached hydrogens (tertiary/aromatic N) is 2. The first kappa shape index (κ1) is 16.2. The number of benzene rings is 2. The van der Waals surface area contributed by atoms with E-state index >= 15 is 0 Å². The predicted octanol–water partition coefficient (Wildman–Crippen LogP) is 6.38. The SMILES string of the molecule is Fc1ccc(-c2cc3ncnc(Nc4ccc5[nH]ccc5c4)c3s2)cc1Cl. The highest BCUT2D eigenvalue weighted by Gasteiger charge is 2.12. The maximum atomic E-state index is 13.4. The van der Waals surface area contributed by atoms with E-state index in [1.54, 1.807) is 23.5 Å². The van der Waals surface area contributed by atoms with Gasteiger partial charge in [0.05, 0.1) is 15.2 Å². The molecule has 0 radical (unpaired) electrons. The Bertz CT molecular complexity index is 1290. The van der Waals surface area contributed by atoms with Gasteiger partial charge in [-0.05, 0) is 48.0 Å². The molecule has 0 unspecified atom stereocenters. The predicted molar refractivity (Wildman–Crippen MR) is 109 cm³/mol. The van der Waals surface area contributed by atoms with Crippen LogP contribution < -0.4 is 5.32 Å². The third kappa shape index (κ3) is 2.93. The zero-order valence-electron chi connectivity index (χ0n) is 13.8. The van der Waals surface area contributed by atoms with E-state index in [1.165, 1.54) is 12.4 Å². The average molecular weight is 395 g/mol. The van der Waals surface area contributed by atoms with Crippen LogP contribution in [0.15, 0.2) is 61.1 Å². The van der Waals surface area contributed by atoms with Gasteiger partial charge >= 0.3 is 0 Å². The van der Waals surface area contributed by atoms with Crippen LogP contribution in [0.1, 0.15) is 0 Å². The molecule has 5 aromatic rings. The number of hydrogen-bond acceptors (Lipinski definition) is 4. The van der Waals surface area contributed by atoms with Gasteiger partial charge in [-0.3, -0.25) is 0 Å². The molecule has 0 amide bonds. The van der Waals surface area contributed by atoms with Crippen molar-refractivity contribution in [3.05, 3.63) is 71.9 Å². The van der Waals surface area contributed by atoms with Gasteiger partial charge in [0, 0.05) is 27.7 Å². The molecule has 0 saturated heterocycles. The molecule has 0 aliphatic rings. The molecule has 3 heterocycles. The lowest BCUT2D eigenvalue weighted by Gasteiger charge is -2.06. The monoisotopic (exact) mass is 394 g/mol. The Morgan fingerprint density at radius 2 is 1.96 bits per heavy atom. The highest BCUT2D eigenvalue weighted by Crippen LogP contribution is 2.37. The van der Waals surface area contributed by atoms with Crippen molar-refractivity contribution in [3.8, 4) is 10.4 Å². The largest absolute Gasteiger partial charge is 0.361 e. The molecule has 0 aliphatic carbocycles. The van der Waals surface area contributed by atoms with Crippen molar-refractivity contribution in [2.45, 2.75) is 0 Å². The summed E-state index contributed by atoms with van der Waals surface area (Å²) in [7, 11) is 0. The van der Waals surface area contributed by atoms with Gasteiger partial charge in [0.25, 0.3) is 0 Å². The van der Waals surface area contributed by atoms with Gasteiger partial charge in [0.2, 0.25) is 0 Å². The Hall–Kier alpha value is -2.96. The van der Waals surface area contributed by atoms with Crippen LogP contribution in [0.4, 0.5) is 15.9 Å². The van der Waals surface area contributed by atoms with Crippen molar-refractivity contribution < 1.29 is 4.39 Å². The van der Waals surface area contributed by atoms with Gasteiger partial charge in [0.1, 0.15) is 12.1 Å². The van der Waals surface area contributed by atoms with Crippen molar-refractivity contribution >= 4 is 55.6 Å². The second kappa shape index (κ2) is 6.33. The summed E-state index contributed by atoms with van der Waals surface area (Å²) in [6, 6.07) is 14.8. The van der Waals surface area contributed by atoms with Crippen molar-refractivity contribution in [2.75, 3.05) is 5.32 Å². The van der Waals surface area contributed by atoms with Crippen LogP contribution in [-0.2, 0) is 0 Å². The molecule has 0 spiro atoms. The zero-order chi connectivity index (χ0) is 18.4. The molecule has 0 bridgehead atoms. The quantitative estimate of drug-likeness (QED) is 0.373. The van der Waals surface area contributed by atoms with E-state index in [0.29, 0.717) is 0 Å². The van der Waals surface area contributed by atoms with Crippen LogP contribution in [0.25, 0.3) is 31.6 Å². The third-order valence-corrected chi connectivity index (χ3v) is 5.80. The highest BCUT2D eigenvalue weighted by atomic mass is 35.5. The van der Waals surface area contributed by atoms with E-state index < -0.39 is 5.82 Å². The molecule has 0 aliphatic heterocycles. The summed E-state index contributed by atoms with van der Waals surface area (Å²) in [6.07, 6.45) is 3.45. The maximum Gasteiger partial charge on any atom is 0.151 e. The number of fused-ring (bicyclic) bond motifs is 2. The summed E-state index contributed by atoms with van der Waals surface area (Å²) in [6.45, 7) is 0. The summed E-state index contributed by atoms with van der Waals surface area (Å²) in [5.74, 6) is 0.308. The second-order valence-electron chi connectivity index (χ2n) is 6.08. The van der Waals surface area contributed by atoms with E-state index in [0.717, 1.165) is 43.1 Å². The molecular formula is C20H12ClFN4S. The normalized spacial score (nSPS) is 11.3. The maximum absolute atomic E-state index is 13.4. The van der Waals surface area contributed by atoms with Crippen molar-refractivity contribution in [2.24, 2.45) is 0 Å². The number of anilines is 2. The number of thiophene rings is 1.